The zero-order chi connectivity index (χ0) is 13.3. The Morgan fingerprint density at radius 1 is 1.17 bits per heavy atom. The standard InChI is InChI=1S/C13H19N3O2/c1-10-9-15(11(2)8-14(10)3)12-4-6-13(7-5-12)16(17)18/h4-7,10-11H,8-9H2,1-3H3/t10-,11+/m1/s1. The summed E-state index contributed by atoms with van der Waals surface area (Å²) in [4.78, 5) is 14.9. The van der Waals surface area contributed by atoms with Crippen molar-refractivity contribution in [2.24, 2.45) is 0 Å². The summed E-state index contributed by atoms with van der Waals surface area (Å²) in [6.45, 7) is 6.35. The maximum Gasteiger partial charge on any atom is 0.269 e. The summed E-state index contributed by atoms with van der Waals surface area (Å²) in [7, 11) is 2.13. The number of anilines is 1. The molecule has 0 spiro atoms. The number of rotatable bonds is 2. The number of nitro groups is 1. The lowest BCUT2D eigenvalue weighted by Crippen LogP contribution is -2.55. The van der Waals surface area contributed by atoms with Gasteiger partial charge in [0.25, 0.3) is 5.69 Å². The molecule has 5 heteroatoms. The van der Waals surface area contributed by atoms with E-state index in [4.69, 9.17) is 0 Å². The summed E-state index contributed by atoms with van der Waals surface area (Å²) in [5.41, 5.74) is 1.21. The maximum atomic E-state index is 10.6. The molecule has 0 N–H and O–H groups in total. The summed E-state index contributed by atoms with van der Waals surface area (Å²) >= 11 is 0. The molecule has 0 saturated carbocycles. The molecular formula is C13H19N3O2. The predicted molar refractivity (Wildman–Crippen MR) is 72.0 cm³/mol. The fourth-order valence-corrected chi connectivity index (χ4v) is 2.42. The Balaban J connectivity index is 2.18. The van der Waals surface area contributed by atoms with E-state index in [-0.39, 0.29) is 10.6 Å². The van der Waals surface area contributed by atoms with E-state index in [0.717, 1.165) is 18.8 Å². The molecule has 0 radical (unpaired) electrons. The average molecular weight is 249 g/mol. The SMILES string of the molecule is C[C@@H]1CN(c2ccc([N+](=O)[O-])cc2)[C@@H](C)CN1C. The van der Waals surface area contributed by atoms with E-state index in [1.165, 1.54) is 0 Å². The molecule has 2 atom stereocenters. The molecule has 2 rings (SSSR count). The minimum Gasteiger partial charge on any atom is -0.366 e. The van der Waals surface area contributed by atoms with Gasteiger partial charge in [0.2, 0.25) is 0 Å². The second-order valence-corrected chi connectivity index (χ2v) is 5.06. The highest BCUT2D eigenvalue weighted by molar-refractivity contribution is 5.52. The van der Waals surface area contributed by atoms with Crippen LogP contribution < -0.4 is 4.90 Å². The van der Waals surface area contributed by atoms with Crippen LogP contribution in [0.4, 0.5) is 11.4 Å². The molecule has 0 bridgehead atoms. The topological polar surface area (TPSA) is 49.6 Å². The lowest BCUT2D eigenvalue weighted by Gasteiger charge is -2.43. The van der Waals surface area contributed by atoms with Crippen molar-refractivity contribution >= 4 is 11.4 Å². The van der Waals surface area contributed by atoms with Crippen LogP contribution in [0, 0.1) is 10.1 Å². The van der Waals surface area contributed by atoms with Crippen LogP contribution in [0.15, 0.2) is 24.3 Å². The molecule has 1 aliphatic heterocycles. The van der Waals surface area contributed by atoms with E-state index in [9.17, 15) is 10.1 Å². The van der Waals surface area contributed by atoms with Crippen molar-refractivity contribution in [1.29, 1.82) is 0 Å². The molecule has 5 nitrogen and oxygen atoms in total. The Kier molecular flexibility index (Phi) is 3.52. The quantitative estimate of drug-likeness (QED) is 0.595. The molecule has 0 aromatic heterocycles. The monoisotopic (exact) mass is 249 g/mol. The highest BCUT2D eigenvalue weighted by atomic mass is 16.6. The van der Waals surface area contributed by atoms with Gasteiger partial charge in [-0.05, 0) is 33.0 Å². The van der Waals surface area contributed by atoms with Gasteiger partial charge in [-0.15, -0.1) is 0 Å². The fraction of sp³-hybridized carbons (Fsp3) is 0.538. The molecule has 0 amide bonds. The molecule has 1 aromatic rings. The van der Waals surface area contributed by atoms with E-state index in [1.807, 2.05) is 12.1 Å². The van der Waals surface area contributed by atoms with Crippen molar-refractivity contribution in [3.05, 3.63) is 34.4 Å². The zero-order valence-electron chi connectivity index (χ0n) is 11.0. The van der Waals surface area contributed by atoms with E-state index in [2.05, 4.69) is 30.7 Å². The van der Waals surface area contributed by atoms with Crippen LogP contribution in [-0.4, -0.2) is 42.0 Å². The van der Waals surface area contributed by atoms with E-state index < -0.39 is 0 Å². The van der Waals surface area contributed by atoms with Gasteiger partial charge in [0, 0.05) is 43.0 Å². The maximum absolute atomic E-state index is 10.6. The second kappa shape index (κ2) is 4.94. The molecule has 18 heavy (non-hydrogen) atoms. The van der Waals surface area contributed by atoms with Crippen molar-refractivity contribution in [2.75, 3.05) is 25.0 Å². The summed E-state index contributed by atoms with van der Waals surface area (Å²) < 4.78 is 0. The largest absolute Gasteiger partial charge is 0.366 e. The Morgan fingerprint density at radius 2 is 1.78 bits per heavy atom. The minimum absolute atomic E-state index is 0.147. The average Bonchev–Trinajstić information content (AvgIpc) is 2.34. The summed E-state index contributed by atoms with van der Waals surface area (Å²) in [6.07, 6.45) is 0. The van der Waals surface area contributed by atoms with Gasteiger partial charge in [-0.2, -0.15) is 0 Å². The normalized spacial score (nSPS) is 25.2. The number of benzene rings is 1. The van der Waals surface area contributed by atoms with Crippen LogP contribution in [0.1, 0.15) is 13.8 Å². The first-order chi connectivity index (χ1) is 8.49. The summed E-state index contributed by atoms with van der Waals surface area (Å²) in [5.74, 6) is 0. The number of piperazine rings is 1. The van der Waals surface area contributed by atoms with Crippen molar-refractivity contribution in [3.63, 3.8) is 0 Å². The third-order valence-electron chi connectivity index (χ3n) is 3.69. The van der Waals surface area contributed by atoms with Gasteiger partial charge in [-0.25, -0.2) is 0 Å². The molecule has 1 heterocycles. The summed E-state index contributed by atoms with van der Waals surface area (Å²) in [6, 6.07) is 7.75. The highest BCUT2D eigenvalue weighted by Gasteiger charge is 2.26. The van der Waals surface area contributed by atoms with Crippen LogP contribution in [0.25, 0.3) is 0 Å². The Bertz CT molecular complexity index is 432. The van der Waals surface area contributed by atoms with Crippen LogP contribution >= 0.6 is 0 Å². The first-order valence-corrected chi connectivity index (χ1v) is 6.20. The molecule has 1 fully saturated rings. The van der Waals surface area contributed by atoms with Crippen LogP contribution in [0.5, 0.6) is 0 Å². The lowest BCUT2D eigenvalue weighted by atomic mass is 10.1. The highest BCUT2D eigenvalue weighted by Crippen LogP contribution is 2.24. The lowest BCUT2D eigenvalue weighted by molar-refractivity contribution is -0.384. The van der Waals surface area contributed by atoms with Gasteiger partial charge in [0.1, 0.15) is 0 Å². The van der Waals surface area contributed by atoms with E-state index in [0.29, 0.717) is 12.1 Å². The van der Waals surface area contributed by atoms with Crippen LogP contribution in [0.2, 0.25) is 0 Å². The van der Waals surface area contributed by atoms with Crippen molar-refractivity contribution in [3.8, 4) is 0 Å². The molecule has 1 saturated heterocycles. The van der Waals surface area contributed by atoms with Gasteiger partial charge in [-0.1, -0.05) is 0 Å². The van der Waals surface area contributed by atoms with Gasteiger partial charge in [0.05, 0.1) is 4.92 Å². The first kappa shape index (κ1) is 12.8. The van der Waals surface area contributed by atoms with Gasteiger partial charge in [-0.3, -0.25) is 15.0 Å². The third-order valence-corrected chi connectivity index (χ3v) is 3.69. The Hall–Kier alpha value is -1.62. The number of likely N-dealkylation sites (N-methyl/N-ethyl adjacent to an activating group) is 1. The van der Waals surface area contributed by atoms with E-state index >= 15 is 0 Å². The zero-order valence-corrected chi connectivity index (χ0v) is 11.0. The van der Waals surface area contributed by atoms with Gasteiger partial charge < -0.3 is 4.90 Å². The second-order valence-electron chi connectivity index (χ2n) is 5.06. The van der Waals surface area contributed by atoms with Crippen molar-refractivity contribution in [1.82, 2.24) is 4.90 Å². The molecule has 1 aromatic carbocycles. The van der Waals surface area contributed by atoms with Gasteiger partial charge in [0.15, 0.2) is 0 Å². The predicted octanol–water partition coefficient (Wildman–Crippen LogP) is 2.12. The van der Waals surface area contributed by atoms with Crippen LogP contribution in [-0.2, 0) is 0 Å². The number of hydrogen-bond acceptors (Lipinski definition) is 4. The molecule has 0 unspecified atom stereocenters. The smallest absolute Gasteiger partial charge is 0.269 e. The number of non-ortho nitro benzene ring substituents is 1. The van der Waals surface area contributed by atoms with Gasteiger partial charge >= 0.3 is 0 Å². The fourth-order valence-electron chi connectivity index (χ4n) is 2.42. The molecular weight excluding hydrogens is 230 g/mol. The van der Waals surface area contributed by atoms with Crippen LogP contribution in [0.3, 0.4) is 0 Å². The third kappa shape index (κ3) is 2.46. The van der Waals surface area contributed by atoms with E-state index in [1.54, 1.807) is 12.1 Å². The molecule has 98 valence electrons. The van der Waals surface area contributed by atoms with Crippen molar-refractivity contribution < 1.29 is 4.92 Å². The Labute approximate surface area is 107 Å². The number of hydrogen-bond donors (Lipinski definition) is 0. The molecule has 1 aliphatic rings. The molecule has 0 aliphatic carbocycles. The number of nitro benzene ring substituents is 1. The van der Waals surface area contributed by atoms with Crippen molar-refractivity contribution in [2.45, 2.75) is 25.9 Å². The number of nitrogens with zero attached hydrogens (tertiary/aromatic N) is 3. The first-order valence-electron chi connectivity index (χ1n) is 6.20. The summed E-state index contributed by atoms with van der Waals surface area (Å²) in [5, 5.41) is 10.6. The Morgan fingerprint density at radius 3 is 2.33 bits per heavy atom. The minimum atomic E-state index is -0.361.